The van der Waals surface area contributed by atoms with Crippen LogP contribution in [-0.2, 0) is 6.42 Å². The fraction of sp³-hybridized carbons (Fsp3) is 0.357. The van der Waals surface area contributed by atoms with Gasteiger partial charge < -0.3 is 15.5 Å². The number of ether oxygens (including phenoxy) is 1. The number of nitriles is 1. The van der Waals surface area contributed by atoms with Crippen LogP contribution in [0.25, 0.3) is 10.9 Å². The third-order valence-electron chi connectivity index (χ3n) is 2.69. The predicted molar refractivity (Wildman–Crippen MR) is 71.4 cm³/mol. The molecule has 1 aromatic carbocycles. The number of aromatic nitrogens is 1. The van der Waals surface area contributed by atoms with Gasteiger partial charge in [-0.25, -0.2) is 0 Å². The van der Waals surface area contributed by atoms with Crippen molar-refractivity contribution in [3.8, 4) is 11.8 Å². The first kappa shape index (κ1) is 12.5. The van der Waals surface area contributed by atoms with Gasteiger partial charge in [0.05, 0.1) is 0 Å². The number of fused-ring (bicyclic) bond motifs is 1. The fourth-order valence-electron chi connectivity index (χ4n) is 2.01. The first-order valence-corrected chi connectivity index (χ1v) is 5.88. The summed E-state index contributed by atoms with van der Waals surface area (Å²) in [5.74, 6) is 0.699. The van der Waals surface area contributed by atoms with Crippen molar-refractivity contribution in [2.75, 3.05) is 6.61 Å². The Morgan fingerprint density at radius 2 is 2.22 bits per heavy atom. The molecule has 0 aliphatic carbocycles. The minimum absolute atomic E-state index is 0.0644. The molecule has 4 heteroatoms. The van der Waals surface area contributed by atoms with Gasteiger partial charge in [-0.3, -0.25) is 0 Å². The van der Waals surface area contributed by atoms with E-state index in [1.807, 2.05) is 44.3 Å². The molecule has 1 aromatic heterocycles. The molecule has 2 aromatic rings. The molecule has 0 bridgehead atoms. The summed E-state index contributed by atoms with van der Waals surface area (Å²) in [7, 11) is 0. The SMILES string of the molecule is CC(C)(N)Cc1c[nH]c2cc(OCC#N)ccc12. The fourth-order valence-corrected chi connectivity index (χ4v) is 2.01. The van der Waals surface area contributed by atoms with Crippen molar-refractivity contribution in [3.63, 3.8) is 0 Å². The van der Waals surface area contributed by atoms with Crippen molar-refractivity contribution < 1.29 is 4.74 Å². The second kappa shape index (κ2) is 4.71. The van der Waals surface area contributed by atoms with Crippen LogP contribution in [0.5, 0.6) is 5.75 Å². The molecule has 0 aliphatic rings. The maximum atomic E-state index is 8.48. The average molecular weight is 243 g/mol. The number of hydrogen-bond acceptors (Lipinski definition) is 3. The number of H-pyrrole nitrogens is 1. The van der Waals surface area contributed by atoms with Crippen molar-refractivity contribution in [2.24, 2.45) is 5.73 Å². The highest BCUT2D eigenvalue weighted by molar-refractivity contribution is 5.84. The monoisotopic (exact) mass is 243 g/mol. The van der Waals surface area contributed by atoms with Crippen LogP contribution in [0.2, 0.25) is 0 Å². The zero-order chi connectivity index (χ0) is 13.2. The minimum Gasteiger partial charge on any atom is -0.479 e. The Morgan fingerprint density at radius 1 is 1.44 bits per heavy atom. The quantitative estimate of drug-likeness (QED) is 0.865. The Balaban J connectivity index is 2.29. The summed E-state index contributed by atoms with van der Waals surface area (Å²) in [6.45, 7) is 4.08. The molecule has 3 N–H and O–H groups in total. The van der Waals surface area contributed by atoms with E-state index < -0.39 is 0 Å². The van der Waals surface area contributed by atoms with Gasteiger partial charge in [0.25, 0.3) is 0 Å². The van der Waals surface area contributed by atoms with Crippen LogP contribution in [0.15, 0.2) is 24.4 Å². The largest absolute Gasteiger partial charge is 0.479 e. The molecule has 0 unspecified atom stereocenters. The van der Waals surface area contributed by atoms with E-state index in [2.05, 4.69) is 4.98 Å². The zero-order valence-corrected chi connectivity index (χ0v) is 10.7. The number of nitrogens with one attached hydrogen (secondary N) is 1. The van der Waals surface area contributed by atoms with Crippen molar-refractivity contribution in [3.05, 3.63) is 30.0 Å². The van der Waals surface area contributed by atoms with E-state index in [9.17, 15) is 0 Å². The van der Waals surface area contributed by atoms with Gasteiger partial charge in [0.15, 0.2) is 6.61 Å². The maximum Gasteiger partial charge on any atom is 0.174 e. The first-order valence-electron chi connectivity index (χ1n) is 5.88. The van der Waals surface area contributed by atoms with Crippen molar-refractivity contribution >= 4 is 10.9 Å². The van der Waals surface area contributed by atoms with Crippen LogP contribution in [0.3, 0.4) is 0 Å². The van der Waals surface area contributed by atoms with Gasteiger partial charge in [0.1, 0.15) is 11.8 Å². The molecule has 2 rings (SSSR count). The van der Waals surface area contributed by atoms with E-state index in [1.54, 1.807) is 0 Å². The van der Waals surface area contributed by atoms with Crippen molar-refractivity contribution in [1.82, 2.24) is 4.98 Å². The topological polar surface area (TPSA) is 74.8 Å². The second-order valence-corrected chi connectivity index (χ2v) is 5.13. The van der Waals surface area contributed by atoms with Crippen LogP contribution >= 0.6 is 0 Å². The van der Waals surface area contributed by atoms with Crippen molar-refractivity contribution in [2.45, 2.75) is 25.8 Å². The van der Waals surface area contributed by atoms with Crippen LogP contribution in [0.1, 0.15) is 19.4 Å². The number of rotatable bonds is 4. The molecule has 0 saturated carbocycles. The predicted octanol–water partition coefficient (Wildman–Crippen LogP) is 2.35. The summed E-state index contributed by atoms with van der Waals surface area (Å²) in [6, 6.07) is 7.73. The lowest BCUT2D eigenvalue weighted by Crippen LogP contribution is -2.34. The Hall–Kier alpha value is -1.99. The molecule has 0 aliphatic heterocycles. The van der Waals surface area contributed by atoms with Gasteiger partial charge >= 0.3 is 0 Å². The Morgan fingerprint density at radius 3 is 2.89 bits per heavy atom. The van der Waals surface area contributed by atoms with Crippen LogP contribution in [0.4, 0.5) is 0 Å². The summed E-state index contributed by atoms with van der Waals surface area (Å²) in [5.41, 5.74) is 8.01. The molecule has 94 valence electrons. The Kier molecular flexibility index (Phi) is 3.26. The van der Waals surface area contributed by atoms with Gasteiger partial charge in [0, 0.05) is 28.7 Å². The van der Waals surface area contributed by atoms with Gasteiger partial charge in [-0.2, -0.15) is 5.26 Å². The summed E-state index contributed by atoms with van der Waals surface area (Å²) in [5, 5.41) is 9.63. The first-order chi connectivity index (χ1) is 8.49. The number of aromatic amines is 1. The highest BCUT2D eigenvalue weighted by Crippen LogP contribution is 2.25. The lowest BCUT2D eigenvalue weighted by Gasteiger charge is -2.17. The third-order valence-corrected chi connectivity index (χ3v) is 2.69. The molecule has 1 heterocycles. The lowest BCUT2D eigenvalue weighted by molar-refractivity contribution is 0.368. The molecule has 0 atom stereocenters. The van der Waals surface area contributed by atoms with E-state index in [0.29, 0.717) is 5.75 Å². The summed E-state index contributed by atoms with van der Waals surface area (Å²) in [6.07, 6.45) is 2.79. The van der Waals surface area contributed by atoms with Gasteiger partial charge in [0.2, 0.25) is 0 Å². The Labute approximate surface area is 106 Å². The lowest BCUT2D eigenvalue weighted by atomic mass is 9.96. The number of hydrogen-bond donors (Lipinski definition) is 2. The molecule has 18 heavy (non-hydrogen) atoms. The standard InChI is InChI=1S/C14H17N3O/c1-14(2,16)8-10-9-17-13-7-11(18-6-5-15)3-4-12(10)13/h3-4,7,9,17H,6,8,16H2,1-2H3. The van der Waals surface area contributed by atoms with Gasteiger partial charge in [-0.05, 0) is 38.0 Å². The third kappa shape index (κ3) is 2.82. The van der Waals surface area contributed by atoms with E-state index >= 15 is 0 Å². The summed E-state index contributed by atoms with van der Waals surface area (Å²) in [4.78, 5) is 3.21. The normalized spacial score (nSPS) is 11.4. The maximum absolute atomic E-state index is 8.48. The van der Waals surface area contributed by atoms with Crippen molar-refractivity contribution in [1.29, 1.82) is 5.26 Å². The van der Waals surface area contributed by atoms with E-state index in [1.165, 1.54) is 5.56 Å². The van der Waals surface area contributed by atoms with Crippen LogP contribution < -0.4 is 10.5 Å². The molecule has 4 nitrogen and oxygen atoms in total. The van der Waals surface area contributed by atoms with Gasteiger partial charge in [-0.1, -0.05) is 0 Å². The molecular formula is C14H17N3O. The number of nitrogens with two attached hydrogens (primary N) is 1. The summed E-state index contributed by atoms with van der Waals surface area (Å²) >= 11 is 0. The number of nitrogens with zero attached hydrogens (tertiary/aromatic N) is 1. The molecule has 0 amide bonds. The Bertz CT molecular complexity index is 587. The highest BCUT2D eigenvalue weighted by atomic mass is 16.5. The van der Waals surface area contributed by atoms with Gasteiger partial charge in [-0.15, -0.1) is 0 Å². The van der Waals surface area contributed by atoms with Crippen LogP contribution in [-0.4, -0.2) is 17.1 Å². The minimum atomic E-state index is -0.231. The molecule has 0 fully saturated rings. The average Bonchev–Trinajstić information content (AvgIpc) is 2.67. The molecule has 0 spiro atoms. The smallest absolute Gasteiger partial charge is 0.174 e. The summed E-state index contributed by atoms with van der Waals surface area (Å²) < 4.78 is 5.27. The molecular weight excluding hydrogens is 226 g/mol. The number of benzene rings is 1. The zero-order valence-electron chi connectivity index (χ0n) is 10.7. The van der Waals surface area contributed by atoms with E-state index in [4.69, 9.17) is 15.7 Å². The van der Waals surface area contributed by atoms with Crippen LogP contribution in [0, 0.1) is 11.3 Å². The second-order valence-electron chi connectivity index (χ2n) is 5.13. The van der Waals surface area contributed by atoms with E-state index in [0.717, 1.165) is 17.3 Å². The van der Waals surface area contributed by atoms with E-state index in [-0.39, 0.29) is 12.1 Å². The molecule has 0 radical (unpaired) electrons. The molecule has 0 saturated heterocycles. The highest BCUT2D eigenvalue weighted by Gasteiger charge is 2.14.